The molecule has 0 aromatic carbocycles. The first-order valence-corrected chi connectivity index (χ1v) is 7.86. The monoisotopic (exact) mass is 268 g/mol. The van der Waals surface area contributed by atoms with E-state index in [1.54, 1.807) is 0 Å². The van der Waals surface area contributed by atoms with Gasteiger partial charge in [0, 0.05) is 5.41 Å². The highest BCUT2D eigenvalue weighted by molar-refractivity contribution is 5.22. The van der Waals surface area contributed by atoms with E-state index < -0.39 is 22.7 Å². The lowest BCUT2D eigenvalue weighted by atomic mass is 9.65. The van der Waals surface area contributed by atoms with Gasteiger partial charge in [-0.3, -0.25) is 0 Å². The summed E-state index contributed by atoms with van der Waals surface area (Å²) in [5.74, 6) is 0.438. The highest BCUT2D eigenvalue weighted by Crippen LogP contribution is 2.68. The van der Waals surface area contributed by atoms with E-state index in [-0.39, 0.29) is 17.8 Å². The van der Waals surface area contributed by atoms with E-state index in [4.69, 9.17) is 0 Å². The first-order valence-electron chi connectivity index (χ1n) is 7.86. The van der Waals surface area contributed by atoms with Gasteiger partial charge in [-0.2, -0.15) is 0 Å². The van der Waals surface area contributed by atoms with Gasteiger partial charge in [-0.25, -0.2) is 0 Å². The normalized spacial score (nSPS) is 54.0. The minimum Gasteiger partial charge on any atom is -0.392 e. The van der Waals surface area contributed by atoms with Gasteiger partial charge in [-0.15, -0.1) is 0 Å². The number of rotatable bonds is 1. The molecule has 0 aromatic heterocycles. The van der Waals surface area contributed by atoms with Gasteiger partial charge < -0.3 is 15.3 Å². The molecule has 0 bridgehead atoms. The Balaban J connectivity index is 2.04. The zero-order valence-corrected chi connectivity index (χ0v) is 12.4. The molecule has 3 aliphatic carbocycles. The lowest BCUT2D eigenvalue weighted by molar-refractivity contribution is -0.142. The Morgan fingerprint density at radius 2 is 1.74 bits per heavy atom. The van der Waals surface area contributed by atoms with Crippen molar-refractivity contribution < 1.29 is 15.3 Å². The van der Waals surface area contributed by atoms with E-state index in [0.717, 1.165) is 32.1 Å². The van der Waals surface area contributed by atoms with Gasteiger partial charge >= 0.3 is 0 Å². The summed E-state index contributed by atoms with van der Waals surface area (Å²) in [5.41, 5.74) is -2.17. The van der Waals surface area contributed by atoms with Gasteiger partial charge in [-0.05, 0) is 57.3 Å². The van der Waals surface area contributed by atoms with Gasteiger partial charge in [0.1, 0.15) is 0 Å². The molecule has 3 rings (SSSR count). The van der Waals surface area contributed by atoms with Gasteiger partial charge in [0.25, 0.3) is 0 Å². The highest BCUT2D eigenvalue weighted by Gasteiger charge is 2.72. The Hall–Kier alpha value is -0.120. The second-order valence-corrected chi connectivity index (χ2v) is 7.95. The second kappa shape index (κ2) is 3.96. The average molecular weight is 268 g/mol. The number of hydrogen-bond donors (Lipinski definition) is 3. The molecule has 3 aliphatic rings. The fourth-order valence-corrected chi connectivity index (χ4v) is 5.94. The minimum absolute atomic E-state index is 0.0226. The molecule has 3 heteroatoms. The van der Waals surface area contributed by atoms with E-state index in [2.05, 4.69) is 0 Å². The molecule has 0 aromatic rings. The van der Waals surface area contributed by atoms with Crippen LogP contribution < -0.4 is 0 Å². The molecule has 0 amide bonds. The third-order valence-corrected chi connectivity index (χ3v) is 6.78. The molecule has 3 nitrogen and oxygen atoms in total. The number of hydrogen-bond acceptors (Lipinski definition) is 3. The summed E-state index contributed by atoms with van der Waals surface area (Å²) < 4.78 is 0. The summed E-state index contributed by atoms with van der Waals surface area (Å²) >= 11 is 0. The Bertz CT molecular complexity index is 375. The van der Waals surface area contributed by atoms with Crippen LogP contribution in [0.2, 0.25) is 0 Å². The average Bonchev–Trinajstić information content (AvgIpc) is 2.70. The van der Waals surface area contributed by atoms with Crippen molar-refractivity contribution in [2.24, 2.45) is 23.2 Å². The maximum Gasteiger partial charge on any atom is 0.0761 e. The van der Waals surface area contributed by atoms with Crippen LogP contribution in [-0.4, -0.2) is 32.6 Å². The standard InChI is InChI=1S/C16H28O3/c1-14(2,18)12-8-9-16(19)11-7-5-4-6-10(11)13(17)15(12,16)3/h10-13,17-19H,4-9H2,1-3H3/t10-,11+,12-,13-,15-,16-/m0/s1. The molecular formula is C16H28O3. The van der Waals surface area contributed by atoms with Crippen molar-refractivity contribution in [2.75, 3.05) is 0 Å². The van der Waals surface area contributed by atoms with Crippen LogP contribution in [0.25, 0.3) is 0 Å². The Morgan fingerprint density at radius 1 is 1.11 bits per heavy atom. The van der Waals surface area contributed by atoms with Crippen molar-refractivity contribution in [3.8, 4) is 0 Å². The zero-order chi connectivity index (χ0) is 14.1. The first-order chi connectivity index (χ1) is 8.73. The van der Waals surface area contributed by atoms with E-state index in [9.17, 15) is 15.3 Å². The predicted molar refractivity (Wildman–Crippen MR) is 73.5 cm³/mol. The topological polar surface area (TPSA) is 60.7 Å². The van der Waals surface area contributed by atoms with Crippen molar-refractivity contribution in [3.05, 3.63) is 0 Å². The van der Waals surface area contributed by atoms with Gasteiger partial charge in [0.15, 0.2) is 0 Å². The first kappa shape index (κ1) is 13.8. The van der Waals surface area contributed by atoms with Gasteiger partial charge in [0.2, 0.25) is 0 Å². The molecule has 0 heterocycles. The molecule has 3 fully saturated rings. The summed E-state index contributed by atoms with van der Waals surface area (Å²) in [7, 11) is 0. The highest BCUT2D eigenvalue weighted by atomic mass is 16.3. The lowest BCUT2D eigenvalue weighted by Crippen LogP contribution is -2.53. The van der Waals surface area contributed by atoms with Crippen LogP contribution >= 0.6 is 0 Å². The van der Waals surface area contributed by atoms with Crippen molar-refractivity contribution in [1.82, 2.24) is 0 Å². The molecule has 0 aliphatic heterocycles. The van der Waals surface area contributed by atoms with Crippen LogP contribution in [0.4, 0.5) is 0 Å². The molecule has 19 heavy (non-hydrogen) atoms. The smallest absolute Gasteiger partial charge is 0.0761 e. The summed E-state index contributed by atoms with van der Waals surface area (Å²) in [6, 6.07) is 0. The van der Waals surface area contributed by atoms with Crippen LogP contribution in [0.1, 0.15) is 59.3 Å². The minimum atomic E-state index is -0.840. The van der Waals surface area contributed by atoms with Crippen molar-refractivity contribution >= 4 is 0 Å². The Morgan fingerprint density at radius 3 is 2.37 bits per heavy atom. The van der Waals surface area contributed by atoms with E-state index >= 15 is 0 Å². The van der Waals surface area contributed by atoms with Crippen LogP contribution in [0.15, 0.2) is 0 Å². The molecule has 0 radical (unpaired) electrons. The summed E-state index contributed by atoms with van der Waals surface area (Å²) in [4.78, 5) is 0. The van der Waals surface area contributed by atoms with E-state index in [1.807, 2.05) is 20.8 Å². The van der Waals surface area contributed by atoms with Crippen LogP contribution in [0, 0.1) is 23.2 Å². The fraction of sp³-hybridized carbons (Fsp3) is 1.00. The molecule has 6 atom stereocenters. The SMILES string of the molecule is CC(C)(O)[C@@H]1CC[C@]2(O)[C@@H]3CCCC[C@@H]3[C@H](O)[C@]12C. The second-order valence-electron chi connectivity index (χ2n) is 7.95. The van der Waals surface area contributed by atoms with Gasteiger partial charge in [-0.1, -0.05) is 19.8 Å². The predicted octanol–water partition coefficient (Wildman–Crippen LogP) is 2.09. The van der Waals surface area contributed by atoms with E-state index in [0.29, 0.717) is 0 Å². The fourth-order valence-electron chi connectivity index (χ4n) is 5.94. The molecule has 0 unspecified atom stereocenters. The molecule has 3 saturated carbocycles. The van der Waals surface area contributed by atoms with Crippen LogP contribution in [0.5, 0.6) is 0 Å². The van der Waals surface area contributed by atoms with Crippen LogP contribution in [-0.2, 0) is 0 Å². The van der Waals surface area contributed by atoms with Crippen molar-refractivity contribution in [2.45, 2.75) is 76.6 Å². The number of aliphatic hydroxyl groups excluding tert-OH is 1. The lowest BCUT2D eigenvalue weighted by Gasteiger charge is -2.45. The third kappa shape index (κ3) is 1.55. The number of aliphatic hydroxyl groups is 3. The maximum atomic E-state index is 11.3. The summed E-state index contributed by atoms with van der Waals surface area (Å²) in [5, 5.41) is 32.7. The molecule has 110 valence electrons. The third-order valence-electron chi connectivity index (χ3n) is 6.78. The van der Waals surface area contributed by atoms with Crippen molar-refractivity contribution in [3.63, 3.8) is 0 Å². The maximum absolute atomic E-state index is 11.3. The molecular weight excluding hydrogens is 240 g/mol. The van der Waals surface area contributed by atoms with Gasteiger partial charge in [0.05, 0.1) is 17.3 Å². The Labute approximate surface area is 116 Å². The zero-order valence-electron chi connectivity index (χ0n) is 12.4. The largest absolute Gasteiger partial charge is 0.392 e. The quantitative estimate of drug-likeness (QED) is 0.682. The molecule has 3 N–H and O–H groups in total. The molecule has 0 spiro atoms. The Kier molecular flexibility index (Phi) is 2.88. The number of fused-ring (bicyclic) bond motifs is 3. The summed E-state index contributed by atoms with van der Waals surface area (Å²) in [6.45, 7) is 5.67. The molecule has 0 saturated heterocycles. The summed E-state index contributed by atoms with van der Waals surface area (Å²) in [6.07, 6.45) is 5.47. The van der Waals surface area contributed by atoms with Crippen molar-refractivity contribution in [1.29, 1.82) is 0 Å². The van der Waals surface area contributed by atoms with E-state index in [1.165, 1.54) is 6.42 Å². The van der Waals surface area contributed by atoms with Crippen LogP contribution in [0.3, 0.4) is 0 Å².